The Kier molecular flexibility index (Phi) is 7.45. The van der Waals surface area contributed by atoms with Crippen LogP contribution in [0.15, 0.2) is 42.5 Å². The fourth-order valence-electron chi connectivity index (χ4n) is 4.53. The Hall–Kier alpha value is -2.18. The fraction of sp³-hybridized carbons (Fsp3) is 0.478. The van der Waals surface area contributed by atoms with Gasteiger partial charge in [-0.1, -0.05) is 43.9 Å². The second kappa shape index (κ2) is 10.0. The molecule has 5 nitrogen and oxygen atoms in total. The summed E-state index contributed by atoms with van der Waals surface area (Å²) in [5, 5.41) is 17.1. The first kappa shape index (κ1) is 21.5. The monoisotopic (exact) mass is 415 g/mol. The Bertz CT molecular complexity index is 812. The van der Waals surface area contributed by atoms with Gasteiger partial charge in [0, 0.05) is 21.7 Å². The van der Waals surface area contributed by atoms with Crippen LogP contribution in [0.2, 0.25) is 0 Å². The predicted octanol–water partition coefficient (Wildman–Crippen LogP) is 5.26. The number of thiophene rings is 1. The van der Waals surface area contributed by atoms with E-state index < -0.39 is 11.9 Å². The highest BCUT2D eigenvalue weighted by Crippen LogP contribution is 2.47. The van der Waals surface area contributed by atoms with Gasteiger partial charge in [-0.05, 0) is 56.3 Å². The number of nitrogens with zero attached hydrogens (tertiary/aromatic N) is 1. The molecule has 29 heavy (non-hydrogen) atoms. The number of piperidine rings is 1. The summed E-state index contributed by atoms with van der Waals surface area (Å²) in [4.78, 5) is 23.6. The molecule has 1 aromatic heterocycles. The molecule has 1 saturated heterocycles. The molecule has 0 spiro atoms. The molecule has 1 aliphatic heterocycles. The molecule has 0 radical (unpaired) electrons. The quantitative estimate of drug-likeness (QED) is 0.666. The molecule has 0 atom stereocenters. The zero-order chi connectivity index (χ0) is 20.7. The fourth-order valence-corrected chi connectivity index (χ4v) is 5.87. The number of carboxylic acid groups (broad SMARTS) is 2. The van der Waals surface area contributed by atoms with Crippen LogP contribution in [-0.2, 0) is 15.1 Å². The van der Waals surface area contributed by atoms with Gasteiger partial charge in [0.05, 0.1) is 5.54 Å². The van der Waals surface area contributed by atoms with Crippen molar-refractivity contribution in [2.24, 2.45) is 0 Å². The van der Waals surface area contributed by atoms with E-state index >= 15 is 0 Å². The molecule has 0 bridgehead atoms. The Morgan fingerprint density at radius 1 is 0.897 bits per heavy atom. The highest BCUT2D eigenvalue weighted by molar-refractivity contribution is 7.19. The molecule has 2 N–H and O–H groups in total. The maximum Gasteiger partial charge on any atom is 0.328 e. The van der Waals surface area contributed by atoms with Crippen LogP contribution in [0.5, 0.6) is 0 Å². The topological polar surface area (TPSA) is 77.8 Å². The van der Waals surface area contributed by atoms with Gasteiger partial charge in [-0.15, -0.1) is 11.3 Å². The number of rotatable bonds is 4. The average molecular weight is 416 g/mol. The third-order valence-electron chi connectivity index (χ3n) is 5.89. The van der Waals surface area contributed by atoms with Gasteiger partial charge in [0.25, 0.3) is 0 Å². The second-order valence-corrected chi connectivity index (χ2v) is 8.88. The van der Waals surface area contributed by atoms with Gasteiger partial charge in [-0.25, -0.2) is 9.59 Å². The van der Waals surface area contributed by atoms with E-state index in [2.05, 4.69) is 46.6 Å². The molecule has 2 aliphatic rings. The predicted molar refractivity (Wildman–Crippen MR) is 116 cm³/mol. The molecule has 4 rings (SSSR count). The molecule has 2 heterocycles. The van der Waals surface area contributed by atoms with Crippen LogP contribution in [0, 0.1) is 0 Å². The van der Waals surface area contributed by atoms with Gasteiger partial charge >= 0.3 is 11.9 Å². The zero-order valence-corrected chi connectivity index (χ0v) is 17.5. The maximum absolute atomic E-state index is 9.55. The van der Waals surface area contributed by atoms with Crippen molar-refractivity contribution in [1.29, 1.82) is 0 Å². The Labute approximate surface area is 175 Å². The first-order valence-corrected chi connectivity index (χ1v) is 11.2. The molecule has 6 heteroatoms. The normalized spacial score (nSPS) is 19.6. The Morgan fingerprint density at radius 3 is 2.07 bits per heavy atom. The molecule has 2 fully saturated rings. The third-order valence-corrected chi connectivity index (χ3v) is 7.20. The van der Waals surface area contributed by atoms with Crippen molar-refractivity contribution >= 4 is 33.4 Å². The number of hydrogen-bond donors (Lipinski definition) is 2. The van der Waals surface area contributed by atoms with Crippen LogP contribution in [0.1, 0.15) is 56.2 Å². The van der Waals surface area contributed by atoms with Gasteiger partial charge in [0.1, 0.15) is 0 Å². The number of carboxylic acids is 2. The summed E-state index contributed by atoms with van der Waals surface area (Å²) >= 11 is 2.05. The first-order chi connectivity index (χ1) is 14.0. The van der Waals surface area contributed by atoms with Crippen molar-refractivity contribution in [2.45, 2.75) is 56.9 Å². The van der Waals surface area contributed by atoms with Gasteiger partial charge in [-0.2, -0.15) is 0 Å². The minimum atomic E-state index is -1.26. The van der Waals surface area contributed by atoms with Crippen LogP contribution < -0.4 is 0 Å². The minimum Gasteiger partial charge on any atom is -0.478 e. The number of fused-ring (bicyclic) bond motifs is 1. The standard InChI is InChI=1S/C19H25NS.C4H4O4/c1-5-11-19(12-6-1,20-13-7-2-8-14-20)18-15-16-9-3-4-10-17(16)21-18;5-3(6)1-2-4(7)8/h3-4,9-10,15H,1-2,5-8,11-14H2;1-2H,(H,5,6)(H,7,8). The van der Waals surface area contributed by atoms with E-state index in [9.17, 15) is 9.59 Å². The zero-order valence-electron chi connectivity index (χ0n) is 16.7. The molecule has 2 aromatic rings. The van der Waals surface area contributed by atoms with E-state index in [0.717, 1.165) is 0 Å². The number of likely N-dealkylation sites (tertiary alicyclic amines) is 1. The molecule has 1 aromatic carbocycles. The second-order valence-electron chi connectivity index (χ2n) is 7.80. The SMILES string of the molecule is O=C(O)C=CC(=O)O.c1ccc2sc(C3(N4CCCCC4)CCCCC3)cc2c1. The summed E-state index contributed by atoms with van der Waals surface area (Å²) in [6.07, 6.45) is 12.3. The molecular formula is C23H29NO4S. The first-order valence-electron chi connectivity index (χ1n) is 10.4. The van der Waals surface area contributed by atoms with E-state index in [1.165, 1.54) is 74.5 Å². The molecule has 0 unspecified atom stereocenters. The lowest BCUT2D eigenvalue weighted by Gasteiger charge is -2.48. The van der Waals surface area contributed by atoms with Gasteiger partial charge in [0.2, 0.25) is 0 Å². The van der Waals surface area contributed by atoms with Gasteiger partial charge in [-0.3, -0.25) is 4.90 Å². The summed E-state index contributed by atoms with van der Waals surface area (Å²) in [6.45, 7) is 2.63. The lowest BCUT2D eigenvalue weighted by molar-refractivity contribution is -0.134. The highest BCUT2D eigenvalue weighted by atomic mass is 32.1. The maximum atomic E-state index is 9.55. The van der Waals surface area contributed by atoms with E-state index in [-0.39, 0.29) is 0 Å². The van der Waals surface area contributed by atoms with E-state index in [1.807, 2.05) is 0 Å². The third kappa shape index (κ3) is 5.46. The van der Waals surface area contributed by atoms with Crippen molar-refractivity contribution in [2.75, 3.05) is 13.1 Å². The van der Waals surface area contributed by atoms with Gasteiger partial charge in [0.15, 0.2) is 0 Å². The summed E-state index contributed by atoms with van der Waals surface area (Å²) < 4.78 is 1.47. The number of carbonyl (C=O) groups is 2. The van der Waals surface area contributed by atoms with Crippen LogP contribution in [0.25, 0.3) is 10.1 Å². The largest absolute Gasteiger partial charge is 0.478 e. The summed E-state index contributed by atoms with van der Waals surface area (Å²) in [5.74, 6) is -2.51. The van der Waals surface area contributed by atoms with Crippen molar-refractivity contribution in [3.05, 3.63) is 47.4 Å². The minimum absolute atomic E-state index is 0.363. The van der Waals surface area contributed by atoms with Crippen molar-refractivity contribution < 1.29 is 19.8 Å². The summed E-state index contributed by atoms with van der Waals surface area (Å²) in [7, 11) is 0. The average Bonchev–Trinajstić information content (AvgIpc) is 3.19. The molecule has 0 amide bonds. The van der Waals surface area contributed by atoms with E-state index in [4.69, 9.17) is 10.2 Å². The highest BCUT2D eigenvalue weighted by Gasteiger charge is 2.41. The van der Waals surface area contributed by atoms with Crippen LogP contribution in [0.3, 0.4) is 0 Å². The van der Waals surface area contributed by atoms with Crippen LogP contribution >= 0.6 is 11.3 Å². The van der Waals surface area contributed by atoms with Crippen molar-refractivity contribution in [3.8, 4) is 0 Å². The van der Waals surface area contributed by atoms with Crippen molar-refractivity contribution in [3.63, 3.8) is 0 Å². The molecular weight excluding hydrogens is 386 g/mol. The van der Waals surface area contributed by atoms with Crippen LogP contribution in [-0.4, -0.2) is 40.1 Å². The Balaban J connectivity index is 0.000000258. The van der Waals surface area contributed by atoms with Gasteiger partial charge < -0.3 is 10.2 Å². The van der Waals surface area contributed by atoms with Crippen LogP contribution in [0.4, 0.5) is 0 Å². The molecule has 156 valence electrons. The Morgan fingerprint density at radius 2 is 1.48 bits per heavy atom. The lowest BCUT2D eigenvalue weighted by atomic mass is 9.78. The van der Waals surface area contributed by atoms with Crippen molar-refractivity contribution in [1.82, 2.24) is 4.90 Å². The van der Waals surface area contributed by atoms with E-state index in [1.54, 1.807) is 4.88 Å². The lowest BCUT2D eigenvalue weighted by Crippen LogP contribution is -2.49. The summed E-state index contributed by atoms with van der Waals surface area (Å²) in [5.41, 5.74) is 0.363. The summed E-state index contributed by atoms with van der Waals surface area (Å²) in [6, 6.07) is 11.4. The number of hydrogen-bond acceptors (Lipinski definition) is 4. The molecule has 1 saturated carbocycles. The smallest absolute Gasteiger partial charge is 0.328 e. The van der Waals surface area contributed by atoms with E-state index in [0.29, 0.717) is 17.7 Å². The number of aliphatic carboxylic acids is 2. The number of benzene rings is 1. The molecule has 1 aliphatic carbocycles.